The van der Waals surface area contributed by atoms with Crippen LogP contribution in [-0.2, 0) is 0 Å². The Morgan fingerprint density at radius 2 is 1.79 bits per heavy atom. The molecule has 0 saturated heterocycles. The average Bonchev–Trinajstić information content (AvgIpc) is 3.18. The first-order valence-electron chi connectivity index (χ1n) is 9.44. The fourth-order valence-electron chi connectivity index (χ4n) is 3.78. The van der Waals surface area contributed by atoms with Gasteiger partial charge in [0.15, 0.2) is 0 Å². The molecule has 6 heteroatoms. The fourth-order valence-corrected chi connectivity index (χ4v) is 4.02. The van der Waals surface area contributed by atoms with Gasteiger partial charge in [-0.2, -0.15) is 0 Å². The number of halogens is 4. The van der Waals surface area contributed by atoms with Gasteiger partial charge < -0.3 is 4.74 Å². The first-order valence-corrected chi connectivity index (χ1v) is 9.82. The van der Waals surface area contributed by atoms with Gasteiger partial charge in [-0.3, -0.25) is 4.99 Å². The molecule has 2 nitrogen and oxygen atoms in total. The molecule has 0 N–H and O–H groups in total. The lowest BCUT2D eigenvalue weighted by molar-refractivity contribution is -0.274. The van der Waals surface area contributed by atoms with E-state index in [0.717, 1.165) is 41.1 Å². The Hall–Kier alpha value is -2.53. The Bertz CT molecular complexity index is 976. The quantitative estimate of drug-likeness (QED) is 0.532. The maximum atomic E-state index is 12.3. The topological polar surface area (TPSA) is 21.6 Å². The minimum Gasteiger partial charge on any atom is -0.406 e. The van der Waals surface area contributed by atoms with Crippen LogP contribution < -0.4 is 4.74 Å². The van der Waals surface area contributed by atoms with E-state index >= 15 is 0 Å². The van der Waals surface area contributed by atoms with Gasteiger partial charge in [0.25, 0.3) is 0 Å². The Balaban J connectivity index is 1.42. The summed E-state index contributed by atoms with van der Waals surface area (Å²) < 4.78 is 40.8. The van der Waals surface area contributed by atoms with Crippen molar-refractivity contribution in [3.05, 3.63) is 88.5 Å². The number of benzene rings is 2. The van der Waals surface area contributed by atoms with Gasteiger partial charge in [-0.05, 0) is 48.6 Å². The van der Waals surface area contributed by atoms with Gasteiger partial charge in [0.1, 0.15) is 5.75 Å². The van der Waals surface area contributed by atoms with Gasteiger partial charge in [0.2, 0.25) is 0 Å². The summed E-state index contributed by atoms with van der Waals surface area (Å²) in [5.74, 6) is -0.0724. The van der Waals surface area contributed by atoms with Crippen molar-refractivity contribution in [3.8, 4) is 5.75 Å². The number of allylic oxidation sites excluding steroid dienone is 2. The lowest BCUT2D eigenvalue weighted by atomic mass is 9.88. The third-order valence-electron chi connectivity index (χ3n) is 5.21. The molecule has 4 rings (SSSR count). The second-order valence-corrected chi connectivity index (χ2v) is 7.54. The lowest BCUT2D eigenvalue weighted by Crippen LogP contribution is -2.17. The molecule has 0 aromatic heterocycles. The standard InChI is InChI=1S/C23H19ClF3NO/c24-20-4-2-1-3-19(20)22-14-13-21(28-22)17-7-5-15(6-8-17)16-9-11-18(12-10-16)29-23(25,26)27/h1-5,7-12,15,21H,6,13-14H2/t15?,21-/m1/s1. The normalized spacial score (nSPS) is 21.7. The molecule has 2 aromatic carbocycles. The van der Waals surface area contributed by atoms with Gasteiger partial charge in [-0.1, -0.05) is 60.2 Å². The number of alkyl halides is 3. The summed E-state index contributed by atoms with van der Waals surface area (Å²) in [5, 5.41) is 0.720. The molecule has 1 aliphatic heterocycles. The number of rotatable bonds is 4. The third-order valence-corrected chi connectivity index (χ3v) is 5.54. The zero-order valence-electron chi connectivity index (χ0n) is 15.5. The van der Waals surface area contributed by atoms with Gasteiger partial charge in [0, 0.05) is 22.2 Å². The van der Waals surface area contributed by atoms with Crippen molar-refractivity contribution in [2.75, 3.05) is 0 Å². The number of aliphatic imine (C=N–C) groups is 1. The van der Waals surface area contributed by atoms with Gasteiger partial charge in [0.05, 0.1) is 6.04 Å². The average molecular weight is 418 g/mol. The summed E-state index contributed by atoms with van der Waals surface area (Å²) in [6, 6.07) is 13.9. The van der Waals surface area contributed by atoms with E-state index in [9.17, 15) is 13.2 Å². The third kappa shape index (κ3) is 4.73. The minimum absolute atomic E-state index is 0.126. The number of ether oxygens (including phenoxy) is 1. The molecule has 0 radical (unpaired) electrons. The molecule has 0 bridgehead atoms. The Morgan fingerprint density at radius 1 is 1.03 bits per heavy atom. The highest BCUT2D eigenvalue weighted by Crippen LogP contribution is 2.34. The Kier molecular flexibility index (Phi) is 5.50. The van der Waals surface area contributed by atoms with E-state index in [4.69, 9.17) is 16.6 Å². The van der Waals surface area contributed by atoms with E-state index in [2.05, 4.69) is 23.0 Å². The Labute approximate surface area is 172 Å². The zero-order valence-corrected chi connectivity index (χ0v) is 16.3. The summed E-state index contributed by atoms with van der Waals surface area (Å²) in [4.78, 5) is 4.88. The molecule has 2 aromatic rings. The molecule has 0 amide bonds. The first kappa shape index (κ1) is 19.8. The maximum absolute atomic E-state index is 12.3. The molecule has 150 valence electrons. The molecule has 0 saturated carbocycles. The SMILES string of the molecule is FC(F)(F)Oc1ccc(C2C=CC([C@H]3CCC(c4ccccc4Cl)=N3)=CC2)cc1. The van der Waals surface area contributed by atoms with Crippen molar-refractivity contribution in [2.24, 2.45) is 4.99 Å². The van der Waals surface area contributed by atoms with Crippen LogP contribution in [0, 0.1) is 0 Å². The van der Waals surface area contributed by atoms with Crippen LogP contribution in [0.4, 0.5) is 13.2 Å². The highest BCUT2D eigenvalue weighted by Gasteiger charge is 2.31. The van der Waals surface area contributed by atoms with Crippen LogP contribution in [0.1, 0.15) is 36.3 Å². The number of nitrogens with zero attached hydrogens (tertiary/aromatic N) is 1. The molecule has 1 aliphatic carbocycles. The van der Waals surface area contributed by atoms with Gasteiger partial charge in [-0.25, -0.2) is 0 Å². The second kappa shape index (κ2) is 8.07. The monoisotopic (exact) mass is 417 g/mol. The minimum atomic E-state index is -4.67. The van der Waals surface area contributed by atoms with E-state index in [1.165, 1.54) is 17.7 Å². The van der Waals surface area contributed by atoms with Crippen LogP contribution in [0.2, 0.25) is 5.02 Å². The molecule has 1 heterocycles. The summed E-state index contributed by atoms with van der Waals surface area (Å²) in [5.41, 5.74) is 4.17. The molecule has 0 spiro atoms. The van der Waals surface area contributed by atoms with Crippen LogP contribution in [0.3, 0.4) is 0 Å². The zero-order chi connectivity index (χ0) is 20.4. The smallest absolute Gasteiger partial charge is 0.406 e. The van der Waals surface area contributed by atoms with Crippen molar-refractivity contribution in [1.29, 1.82) is 0 Å². The summed E-state index contributed by atoms with van der Waals surface area (Å²) in [6.45, 7) is 0. The van der Waals surface area contributed by atoms with Gasteiger partial charge in [-0.15, -0.1) is 13.2 Å². The lowest BCUT2D eigenvalue weighted by Gasteiger charge is -2.19. The van der Waals surface area contributed by atoms with Crippen LogP contribution >= 0.6 is 11.6 Å². The van der Waals surface area contributed by atoms with Crippen molar-refractivity contribution in [2.45, 2.75) is 37.6 Å². The highest BCUT2D eigenvalue weighted by molar-refractivity contribution is 6.34. The van der Waals surface area contributed by atoms with E-state index < -0.39 is 6.36 Å². The maximum Gasteiger partial charge on any atom is 0.573 e. The summed E-state index contributed by atoms with van der Waals surface area (Å²) in [7, 11) is 0. The fraction of sp³-hybridized carbons (Fsp3) is 0.261. The largest absolute Gasteiger partial charge is 0.573 e. The summed E-state index contributed by atoms with van der Waals surface area (Å²) in [6.07, 6.45) is 4.31. The first-order chi connectivity index (χ1) is 13.9. The highest BCUT2D eigenvalue weighted by atomic mass is 35.5. The van der Waals surface area contributed by atoms with E-state index in [1.54, 1.807) is 12.1 Å². The predicted molar refractivity (Wildman–Crippen MR) is 109 cm³/mol. The van der Waals surface area contributed by atoms with E-state index in [-0.39, 0.29) is 17.7 Å². The second-order valence-electron chi connectivity index (χ2n) is 7.13. The number of hydrogen-bond donors (Lipinski definition) is 0. The van der Waals surface area contributed by atoms with E-state index in [1.807, 2.05) is 24.3 Å². The van der Waals surface area contributed by atoms with Crippen LogP contribution in [0.5, 0.6) is 5.75 Å². The van der Waals surface area contributed by atoms with Crippen molar-refractivity contribution in [3.63, 3.8) is 0 Å². The Morgan fingerprint density at radius 3 is 2.45 bits per heavy atom. The molecular weight excluding hydrogens is 399 g/mol. The number of hydrogen-bond acceptors (Lipinski definition) is 2. The molecule has 0 fully saturated rings. The van der Waals surface area contributed by atoms with Gasteiger partial charge >= 0.3 is 6.36 Å². The van der Waals surface area contributed by atoms with Crippen LogP contribution in [-0.4, -0.2) is 18.1 Å². The van der Waals surface area contributed by atoms with Crippen molar-refractivity contribution < 1.29 is 17.9 Å². The van der Waals surface area contributed by atoms with E-state index in [0.29, 0.717) is 0 Å². The van der Waals surface area contributed by atoms with Crippen LogP contribution in [0.25, 0.3) is 0 Å². The predicted octanol–water partition coefficient (Wildman–Crippen LogP) is 6.86. The van der Waals surface area contributed by atoms with Crippen molar-refractivity contribution >= 4 is 17.3 Å². The molecule has 2 atom stereocenters. The van der Waals surface area contributed by atoms with Crippen molar-refractivity contribution in [1.82, 2.24) is 0 Å². The molecule has 29 heavy (non-hydrogen) atoms. The molecule has 2 aliphatic rings. The molecular formula is C23H19ClF3NO. The molecule has 1 unspecified atom stereocenters. The van der Waals surface area contributed by atoms with Crippen LogP contribution in [0.15, 0.2) is 77.3 Å². The summed E-state index contributed by atoms with van der Waals surface area (Å²) >= 11 is 6.29.